The number of halogens is 1. The maximum Gasteiger partial charge on any atom is 0.278 e. The van der Waals surface area contributed by atoms with E-state index in [1.54, 1.807) is 12.1 Å². The number of nitro groups is 1. The Hall–Kier alpha value is -2.33. The number of hydrogen-bond donors (Lipinski definition) is 0. The number of nitro benzene ring substituents is 1. The molecule has 0 atom stereocenters. The van der Waals surface area contributed by atoms with E-state index in [4.69, 9.17) is 11.6 Å². The second kappa shape index (κ2) is 5.22. The van der Waals surface area contributed by atoms with E-state index < -0.39 is 0 Å². The number of non-ortho nitro benzene ring substituents is 1. The summed E-state index contributed by atoms with van der Waals surface area (Å²) in [7, 11) is 0. The number of benzene rings is 2. The molecule has 0 radical (unpaired) electrons. The van der Waals surface area contributed by atoms with E-state index in [9.17, 15) is 10.1 Å². The van der Waals surface area contributed by atoms with Crippen LogP contribution in [-0.2, 0) is 6.54 Å². The largest absolute Gasteiger partial charge is 0.343 e. The van der Waals surface area contributed by atoms with Crippen LogP contribution in [0.5, 0.6) is 0 Å². The maximum atomic E-state index is 11.0. The molecule has 3 aromatic rings. The van der Waals surface area contributed by atoms with Crippen LogP contribution < -0.4 is 0 Å². The smallest absolute Gasteiger partial charge is 0.278 e. The van der Waals surface area contributed by atoms with E-state index >= 15 is 0 Å². The molecule has 2 aromatic carbocycles. The summed E-state index contributed by atoms with van der Waals surface area (Å²) >= 11 is 6.26. The maximum absolute atomic E-state index is 11.0. The molecular formula is C16H13ClN2O2. The van der Waals surface area contributed by atoms with Gasteiger partial charge >= 0.3 is 0 Å². The fourth-order valence-electron chi connectivity index (χ4n) is 2.47. The minimum absolute atomic E-state index is 0.126. The molecule has 0 aliphatic heterocycles. The van der Waals surface area contributed by atoms with Gasteiger partial charge in [0, 0.05) is 23.8 Å². The first-order valence-corrected chi connectivity index (χ1v) is 6.91. The first-order chi connectivity index (χ1) is 10.1. The Morgan fingerprint density at radius 2 is 2.05 bits per heavy atom. The van der Waals surface area contributed by atoms with Gasteiger partial charge in [0.1, 0.15) is 0 Å². The van der Waals surface area contributed by atoms with Crippen LogP contribution in [-0.4, -0.2) is 9.49 Å². The summed E-state index contributed by atoms with van der Waals surface area (Å²) in [6.45, 7) is 2.58. The van der Waals surface area contributed by atoms with Gasteiger partial charge in [0.25, 0.3) is 5.69 Å². The van der Waals surface area contributed by atoms with Gasteiger partial charge < -0.3 is 4.57 Å². The van der Waals surface area contributed by atoms with Crippen molar-refractivity contribution in [3.8, 4) is 0 Å². The Morgan fingerprint density at radius 1 is 1.24 bits per heavy atom. The first kappa shape index (κ1) is 13.6. The number of hydrogen-bond acceptors (Lipinski definition) is 2. The highest BCUT2D eigenvalue weighted by Crippen LogP contribution is 2.27. The Balaban J connectivity index is 2.06. The predicted octanol–water partition coefficient (Wildman–Crippen LogP) is 4.56. The Kier molecular flexibility index (Phi) is 3.39. The van der Waals surface area contributed by atoms with Crippen LogP contribution in [0.4, 0.5) is 5.69 Å². The van der Waals surface area contributed by atoms with Crippen LogP contribution in [0.3, 0.4) is 0 Å². The van der Waals surface area contributed by atoms with E-state index in [1.807, 2.05) is 42.0 Å². The molecule has 4 nitrogen and oxygen atoms in total. The van der Waals surface area contributed by atoms with Crippen molar-refractivity contribution in [2.45, 2.75) is 13.5 Å². The molecule has 0 unspecified atom stereocenters. The highest BCUT2D eigenvalue weighted by Gasteiger charge is 2.14. The van der Waals surface area contributed by atoms with Gasteiger partial charge in [-0.25, -0.2) is 0 Å². The van der Waals surface area contributed by atoms with Crippen LogP contribution in [0.1, 0.15) is 11.1 Å². The summed E-state index contributed by atoms with van der Waals surface area (Å²) in [5, 5.41) is 12.4. The van der Waals surface area contributed by atoms with Crippen LogP contribution in [0.2, 0.25) is 5.02 Å². The monoisotopic (exact) mass is 300 g/mol. The SMILES string of the molecule is Cc1ccc(Cn2ccc3c([N+](=O)[O-])cccc32)c(Cl)c1. The lowest BCUT2D eigenvalue weighted by Gasteiger charge is -2.08. The van der Waals surface area contributed by atoms with Crippen molar-refractivity contribution in [2.24, 2.45) is 0 Å². The van der Waals surface area contributed by atoms with Gasteiger partial charge in [-0.2, -0.15) is 0 Å². The van der Waals surface area contributed by atoms with E-state index in [-0.39, 0.29) is 10.6 Å². The molecular weight excluding hydrogens is 288 g/mol. The quantitative estimate of drug-likeness (QED) is 0.526. The first-order valence-electron chi connectivity index (χ1n) is 6.53. The van der Waals surface area contributed by atoms with E-state index in [1.165, 1.54) is 6.07 Å². The van der Waals surface area contributed by atoms with E-state index in [0.717, 1.165) is 16.6 Å². The van der Waals surface area contributed by atoms with Crippen LogP contribution >= 0.6 is 11.6 Å². The zero-order valence-electron chi connectivity index (χ0n) is 11.4. The zero-order valence-corrected chi connectivity index (χ0v) is 12.2. The lowest BCUT2D eigenvalue weighted by molar-refractivity contribution is -0.383. The lowest BCUT2D eigenvalue weighted by Crippen LogP contribution is -1.99. The summed E-state index contributed by atoms with van der Waals surface area (Å²) in [5.74, 6) is 0. The normalized spacial score (nSPS) is 11.0. The van der Waals surface area contributed by atoms with Crippen molar-refractivity contribution in [3.05, 3.63) is 74.9 Å². The van der Waals surface area contributed by atoms with Gasteiger partial charge in [-0.3, -0.25) is 10.1 Å². The third-order valence-electron chi connectivity index (χ3n) is 3.54. The molecule has 1 heterocycles. The number of aryl methyl sites for hydroxylation is 1. The van der Waals surface area contributed by atoms with Crippen molar-refractivity contribution in [1.82, 2.24) is 4.57 Å². The molecule has 0 spiro atoms. The topological polar surface area (TPSA) is 48.1 Å². The summed E-state index contributed by atoms with van der Waals surface area (Å²) in [6.07, 6.45) is 1.86. The molecule has 0 saturated heterocycles. The van der Waals surface area contributed by atoms with E-state index in [0.29, 0.717) is 17.0 Å². The average molecular weight is 301 g/mol. The fourth-order valence-corrected chi connectivity index (χ4v) is 2.76. The molecule has 0 bridgehead atoms. The molecule has 0 aliphatic carbocycles. The van der Waals surface area contributed by atoms with Crippen LogP contribution in [0, 0.1) is 17.0 Å². The zero-order chi connectivity index (χ0) is 15.0. The van der Waals surface area contributed by atoms with Crippen molar-refractivity contribution >= 4 is 28.2 Å². The fraction of sp³-hybridized carbons (Fsp3) is 0.125. The molecule has 0 amide bonds. The third kappa shape index (κ3) is 2.50. The molecule has 21 heavy (non-hydrogen) atoms. The lowest BCUT2D eigenvalue weighted by atomic mass is 10.1. The van der Waals surface area contributed by atoms with Crippen molar-refractivity contribution in [2.75, 3.05) is 0 Å². The number of aromatic nitrogens is 1. The van der Waals surface area contributed by atoms with Gasteiger partial charge in [-0.1, -0.05) is 29.8 Å². The summed E-state index contributed by atoms with van der Waals surface area (Å²) in [6, 6.07) is 12.8. The third-order valence-corrected chi connectivity index (χ3v) is 3.89. The highest BCUT2D eigenvalue weighted by molar-refractivity contribution is 6.31. The average Bonchev–Trinajstić information content (AvgIpc) is 2.85. The number of rotatable bonds is 3. The van der Waals surface area contributed by atoms with Gasteiger partial charge in [0.2, 0.25) is 0 Å². The molecule has 0 N–H and O–H groups in total. The van der Waals surface area contributed by atoms with Gasteiger partial charge in [-0.05, 0) is 36.2 Å². The molecule has 106 valence electrons. The van der Waals surface area contributed by atoms with Crippen LogP contribution in [0.15, 0.2) is 48.7 Å². The highest BCUT2D eigenvalue weighted by atomic mass is 35.5. The van der Waals surface area contributed by atoms with Gasteiger partial charge in [0.15, 0.2) is 0 Å². The molecule has 5 heteroatoms. The van der Waals surface area contributed by atoms with Crippen LogP contribution in [0.25, 0.3) is 10.9 Å². The standard InChI is InChI=1S/C16H13ClN2O2/c1-11-5-6-12(14(17)9-11)10-18-8-7-13-15(18)3-2-4-16(13)19(20)21/h2-9H,10H2,1H3. The molecule has 0 saturated carbocycles. The summed E-state index contributed by atoms with van der Waals surface area (Å²) in [5.41, 5.74) is 3.06. The summed E-state index contributed by atoms with van der Waals surface area (Å²) in [4.78, 5) is 10.7. The predicted molar refractivity (Wildman–Crippen MR) is 83.9 cm³/mol. The molecule has 0 fully saturated rings. The Morgan fingerprint density at radius 3 is 2.76 bits per heavy atom. The molecule has 3 rings (SSSR count). The van der Waals surface area contributed by atoms with Gasteiger partial charge in [0.05, 0.1) is 15.8 Å². The Labute approximate surface area is 126 Å². The summed E-state index contributed by atoms with van der Waals surface area (Å²) < 4.78 is 1.97. The Bertz CT molecular complexity index is 839. The minimum atomic E-state index is -0.356. The van der Waals surface area contributed by atoms with Gasteiger partial charge in [-0.15, -0.1) is 0 Å². The van der Waals surface area contributed by atoms with E-state index in [2.05, 4.69) is 0 Å². The number of fused-ring (bicyclic) bond motifs is 1. The van der Waals surface area contributed by atoms with Crippen molar-refractivity contribution < 1.29 is 4.92 Å². The molecule has 1 aromatic heterocycles. The molecule has 0 aliphatic rings. The minimum Gasteiger partial charge on any atom is -0.343 e. The second-order valence-electron chi connectivity index (χ2n) is 5.01. The number of nitrogens with zero attached hydrogens (tertiary/aromatic N) is 2. The van der Waals surface area contributed by atoms with Crippen molar-refractivity contribution in [3.63, 3.8) is 0 Å². The van der Waals surface area contributed by atoms with Crippen molar-refractivity contribution in [1.29, 1.82) is 0 Å². The second-order valence-corrected chi connectivity index (χ2v) is 5.41.